The molecule has 1 aliphatic heterocycles. The number of aromatic nitrogens is 1. The van der Waals surface area contributed by atoms with Gasteiger partial charge in [-0.2, -0.15) is 0 Å². The molecule has 6 heteroatoms. The molecule has 4 aromatic rings. The Morgan fingerprint density at radius 2 is 1.73 bits per heavy atom. The molecule has 3 heterocycles. The Labute approximate surface area is 172 Å². The van der Waals surface area contributed by atoms with Gasteiger partial charge in [0.2, 0.25) is 5.76 Å². The predicted octanol–water partition coefficient (Wildman–Crippen LogP) is 3.94. The lowest BCUT2D eigenvalue weighted by molar-refractivity contribution is 0.0714. The Balaban J connectivity index is 1.71. The van der Waals surface area contributed by atoms with Gasteiger partial charge >= 0.3 is 0 Å². The van der Waals surface area contributed by atoms with Crippen LogP contribution in [0.2, 0.25) is 0 Å². The number of amides is 1. The number of carbonyl (C=O) groups excluding carboxylic acids is 1. The van der Waals surface area contributed by atoms with Gasteiger partial charge in [-0.3, -0.25) is 14.6 Å². The van der Waals surface area contributed by atoms with Crippen LogP contribution in [0.25, 0.3) is 11.0 Å². The van der Waals surface area contributed by atoms with E-state index in [0.29, 0.717) is 28.8 Å². The molecule has 0 saturated heterocycles. The van der Waals surface area contributed by atoms with Crippen molar-refractivity contribution in [2.45, 2.75) is 12.6 Å². The SMILES string of the molecule is COc1ccc([C@@H]2c3c(oc4ccccc4c3=O)C(=O)N2Cc2ccncc2)cc1. The molecule has 30 heavy (non-hydrogen) atoms. The van der Waals surface area contributed by atoms with E-state index in [4.69, 9.17) is 9.15 Å². The van der Waals surface area contributed by atoms with Gasteiger partial charge in [0.05, 0.1) is 24.1 Å². The molecule has 6 nitrogen and oxygen atoms in total. The van der Waals surface area contributed by atoms with Crippen molar-refractivity contribution >= 4 is 16.9 Å². The second-order valence-corrected chi connectivity index (χ2v) is 7.13. The molecule has 0 N–H and O–H groups in total. The predicted molar refractivity (Wildman–Crippen MR) is 111 cm³/mol. The first-order valence-electron chi connectivity index (χ1n) is 9.57. The van der Waals surface area contributed by atoms with E-state index in [1.165, 1.54) is 0 Å². The maximum atomic E-state index is 13.4. The fourth-order valence-corrected chi connectivity index (χ4v) is 3.95. The van der Waals surface area contributed by atoms with Crippen molar-refractivity contribution in [1.29, 1.82) is 0 Å². The molecule has 1 atom stereocenters. The first-order valence-corrected chi connectivity index (χ1v) is 9.57. The zero-order valence-corrected chi connectivity index (χ0v) is 16.2. The van der Waals surface area contributed by atoms with Gasteiger partial charge in [0.25, 0.3) is 5.91 Å². The summed E-state index contributed by atoms with van der Waals surface area (Å²) in [5, 5.41) is 0.466. The fraction of sp³-hybridized carbons (Fsp3) is 0.125. The van der Waals surface area contributed by atoms with Crippen molar-refractivity contribution in [1.82, 2.24) is 9.88 Å². The summed E-state index contributed by atoms with van der Waals surface area (Å²) in [5.74, 6) is 0.508. The summed E-state index contributed by atoms with van der Waals surface area (Å²) in [6, 6.07) is 17.6. The molecule has 0 unspecified atom stereocenters. The van der Waals surface area contributed by atoms with Crippen LogP contribution < -0.4 is 10.2 Å². The number of hydrogen-bond donors (Lipinski definition) is 0. The highest BCUT2D eigenvalue weighted by molar-refractivity contribution is 5.99. The van der Waals surface area contributed by atoms with E-state index in [9.17, 15) is 9.59 Å². The average Bonchev–Trinajstić information content (AvgIpc) is 3.06. The molecule has 0 aliphatic carbocycles. The minimum absolute atomic E-state index is 0.105. The van der Waals surface area contributed by atoms with Crippen molar-refractivity contribution < 1.29 is 13.9 Å². The fourth-order valence-electron chi connectivity index (χ4n) is 3.95. The minimum atomic E-state index is -0.549. The van der Waals surface area contributed by atoms with Gasteiger partial charge in [-0.25, -0.2) is 0 Å². The highest BCUT2D eigenvalue weighted by Gasteiger charge is 2.42. The Morgan fingerprint density at radius 1 is 1.00 bits per heavy atom. The Bertz CT molecular complexity index is 1300. The molecular formula is C24H18N2O4. The van der Waals surface area contributed by atoms with Gasteiger partial charge in [-0.05, 0) is 47.5 Å². The van der Waals surface area contributed by atoms with E-state index in [2.05, 4.69) is 4.98 Å². The lowest BCUT2D eigenvalue weighted by Crippen LogP contribution is -2.29. The molecule has 0 spiro atoms. The molecule has 148 valence electrons. The Kier molecular flexibility index (Phi) is 4.32. The van der Waals surface area contributed by atoms with E-state index in [1.807, 2.05) is 36.4 Å². The maximum Gasteiger partial charge on any atom is 0.291 e. The number of benzene rings is 2. The lowest BCUT2D eigenvalue weighted by Gasteiger charge is -2.25. The number of ether oxygens (including phenoxy) is 1. The van der Waals surface area contributed by atoms with Crippen molar-refractivity contribution in [3.05, 3.63) is 106 Å². The van der Waals surface area contributed by atoms with Crippen molar-refractivity contribution in [2.75, 3.05) is 7.11 Å². The van der Waals surface area contributed by atoms with Gasteiger partial charge in [-0.1, -0.05) is 24.3 Å². The van der Waals surface area contributed by atoms with Crippen LogP contribution in [0.4, 0.5) is 0 Å². The minimum Gasteiger partial charge on any atom is -0.497 e. The summed E-state index contributed by atoms with van der Waals surface area (Å²) in [4.78, 5) is 32.5. The highest BCUT2D eigenvalue weighted by atomic mass is 16.5. The van der Waals surface area contributed by atoms with Gasteiger partial charge in [-0.15, -0.1) is 0 Å². The van der Waals surface area contributed by atoms with Gasteiger partial charge in [0.15, 0.2) is 5.43 Å². The zero-order valence-electron chi connectivity index (χ0n) is 16.2. The third-order valence-corrected chi connectivity index (χ3v) is 5.41. The normalized spacial score (nSPS) is 15.4. The highest BCUT2D eigenvalue weighted by Crippen LogP contribution is 2.39. The van der Waals surface area contributed by atoms with Crippen LogP contribution in [-0.2, 0) is 6.54 Å². The van der Waals surface area contributed by atoms with E-state index in [1.54, 1.807) is 48.7 Å². The molecule has 0 saturated carbocycles. The molecule has 5 rings (SSSR count). The van der Waals surface area contributed by atoms with Gasteiger partial charge in [0.1, 0.15) is 11.3 Å². The van der Waals surface area contributed by atoms with Crippen LogP contribution in [-0.4, -0.2) is 22.9 Å². The van der Waals surface area contributed by atoms with E-state index >= 15 is 0 Å². The summed E-state index contributed by atoms with van der Waals surface area (Å²) in [7, 11) is 1.60. The van der Waals surface area contributed by atoms with E-state index < -0.39 is 6.04 Å². The topological polar surface area (TPSA) is 72.6 Å². The van der Waals surface area contributed by atoms with Crippen LogP contribution in [0, 0.1) is 0 Å². The number of methoxy groups -OCH3 is 1. The molecular weight excluding hydrogens is 380 g/mol. The Hall–Kier alpha value is -3.93. The van der Waals surface area contributed by atoms with Crippen LogP contribution in [0.15, 0.2) is 82.3 Å². The summed E-state index contributed by atoms with van der Waals surface area (Å²) < 4.78 is 11.2. The van der Waals surface area contributed by atoms with Crippen molar-refractivity contribution in [3.8, 4) is 5.75 Å². The van der Waals surface area contributed by atoms with Gasteiger partial charge in [0, 0.05) is 18.9 Å². The zero-order chi connectivity index (χ0) is 20.7. The largest absolute Gasteiger partial charge is 0.497 e. The molecule has 0 radical (unpaired) electrons. The second-order valence-electron chi connectivity index (χ2n) is 7.13. The average molecular weight is 398 g/mol. The number of para-hydroxylation sites is 1. The molecule has 0 bridgehead atoms. The van der Waals surface area contributed by atoms with Crippen LogP contribution >= 0.6 is 0 Å². The van der Waals surface area contributed by atoms with Crippen LogP contribution in [0.5, 0.6) is 5.75 Å². The summed E-state index contributed by atoms with van der Waals surface area (Å²) in [5.41, 5.74) is 2.34. The lowest BCUT2D eigenvalue weighted by atomic mass is 9.98. The summed E-state index contributed by atoms with van der Waals surface area (Å²) >= 11 is 0. The first kappa shape index (κ1) is 18.1. The number of hydrogen-bond acceptors (Lipinski definition) is 5. The molecule has 1 amide bonds. The van der Waals surface area contributed by atoms with Crippen LogP contribution in [0.1, 0.15) is 33.3 Å². The number of nitrogens with zero attached hydrogens (tertiary/aromatic N) is 2. The van der Waals surface area contributed by atoms with E-state index in [0.717, 1.165) is 11.1 Å². The number of rotatable bonds is 4. The molecule has 0 fully saturated rings. The van der Waals surface area contributed by atoms with Crippen molar-refractivity contribution in [2.24, 2.45) is 0 Å². The number of fused-ring (bicyclic) bond motifs is 2. The van der Waals surface area contributed by atoms with E-state index in [-0.39, 0.29) is 17.1 Å². The standard InChI is InChI=1S/C24H18N2O4/c1-29-17-8-6-16(7-9-17)21-20-22(27)18-4-2-3-5-19(18)30-23(20)24(28)26(21)14-15-10-12-25-13-11-15/h2-13,21H,14H2,1H3/t21-/m1/s1. The molecule has 2 aromatic carbocycles. The third kappa shape index (κ3) is 2.85. The van der Waals surface area contributed by atoms with Crippen molar-refractivity contribution in [3.63, 3.8) is 0 Å². The molecule has 1 aliphatic rings. The Morgan fingerprint density at radius 3 is 2.47 bits per heavy atom. The second kappa shape index (κ2) is 7.15. The maximum absolute atomic E-state index is 13.4. The van der Waals surface area contributed by atoms with Crippen LogP contribution in [0.3, 0.4) is 0 Å². The quantitative estimate of drug-likeness (QED) is 0.521. The first-order chi connectivity index (χ1) is 14.7. The van der Waals surface area contributed by atoms with Gasteiger partial charge < -0.3 is 14.1 Å². The molecule has 2 aromatic heterocycles. The summed E-state index contributed by atoms with van der Waals surface area (Å²) in [6.45, 7) is 0.331. The smallest absolute Gasteiger partial charge is 0.291 e. The third-order valence-electron chi connectivity index (χ3n) is 5.41. The number of pyridine rings is 1. The number of carbonyl (C=O) groups is 1. The summed E-state index contributed by atoms with van der Waals surface area (Å²) in [6.07, 6.45) is 3.37. The monoisotopic (exact) mass is 398 g/mol.